The number of carbonyl (C=O) groups is 2. The van der Waals surface area contributed by atoms with E-state index < -0.39 is 0 Å². The van der Waals surface area contributed by atoms with Crippen LogP contribution in [0.1, 0.15) is 12.5 Å². The van der Waals surface area contributed by atoms with E-state index in [1.807, 2.05) is 24.3 Å². The molecule has 1 amide bonds. The molecule has 0 aromatic heterocycles. The summed E-state index contributed by atoms with van der Waals surface area (Å²) in [5, 5.41) is 3.50. The Hall–Kier alpha value is -1.59. The number of likely N-dealkylation sites (N-methyl/N-ethyl adjacent to an activating group) is 1. The van der Waals surface area contributed by atoms with Crippen molar-refractivity contribution < 1.29 is 14.3 Å². The van der Waals surface area contributed by atoms with Gasteiger partial charge < -0.3 is 10.1 Å². The predicted octanol–water partition coefficient (Wildman–Crippen LogP) is 1.49. The molecule has 6 heteroatoms. The molecule has 1 aromatic carbocycles. The van der Waals surface area contributed by atoms with Gasteiger partial charge in [0.2, 0.25) is 5.91 Å². The number of ether oxygens (including phenoxy) is 1. The number of hydrogen-bond donors (Lipinski definition) is 1. The van der Waals surface area contributed by atoms with Crippen LogP contribution in [-0.4, -0.2) is 50.1 Å². The average molecular weight is 313 g/mol. The van der Waals surface area contributed by atoms with E-state index >= 15 is 0 Å². The summed E-state index contributed by atoms with van der Waals surface area (Å²) in [6.07, 6.45) is 0.716. The van der Waals surface area contributed by atoms with E-state index in [4.69, 9.17) is 16.3 Å². The maximum Gasteiger partial charge on any atom is 0.320 e. The number of esters is 1. The standard InChI is InChI=1S/C15H21ClN2O3/c1-3-21-15(20)11-18(2)10-14(19)17-8-7-12-5-4-6-13(16)9-12/h4-6,9H,3,7-8,10-11H2,1-2H3,(H,17,19). The van der Waals surface area contributed by atoms with E-state index in [0.717, 1.165) is 5.56 Å². The van der Waals surface area contributed by atoms with Gasteiger partial charge in [-0.1, -0.05) is 23.7 Å². The number of hydrogen-bond acceptors (Lipinski definition) is 4. The van der Waals surface area contributed by atoms with Gasteiger partial charge in [0.15, 0.2) is 0 Å². The Morgan fingerprint density at radius 1 is 1.33 bits per heavy atom. The highest BCUT2D eigenvalue weighted by atomic mass is 35.5. The summed E-state index contributed by atoms with van der Waals surface area (Å²) in [6.45, 7) is 2.90. The lowest BCUT2D eigenvalue weighted by Gasteiger charge is -2.15. The molecule has 0 spiro atoms. The van der Waals surface area contributed by atoms with Gasteiger partial charge in [0.25, 0.3) is 0 Å². The minimum absolute atomic E-state index is 0.107. The fourth-order valence-electron chi connectivity index (χ4n) is 1.82. The van der Waals surface area contributed by atoms with E-state index in [0.29, 0.717) is 24.6 Å². The fourth-order valence-corrected chi connectivity index (χ4v) is 2.04. The van der Waals surface area contributed by atoms with E-state index in [2.05, 4.69) is 5.32 Å². The van der Waals surface area contributed by atoms with Gasteiger partial charge in [0, 0.05) is 11.6 Å². The van der Waals surface area contributed by atoms with Crippen molar-refractivity contribution in [3.05, 3.63) is 34.9 Å². The number of amides is 1. The summed E-state index contributed by atoms with van der Waals surface area (Å²) in [5.41, 5.74) is 1.07. The summed E-state index contributed by atoms with van der Waals surface area (Å²) in [4.78, 5) is 24.6. The fraction of sp³-hybridized carbons (Fsp3) is 0.467. The first kappa shape index (κ1) is 17.5. The molecule has 0 saturated carbocycles. The molecule has 0 radical (unpaired) electrons. The second-order valence-corrected chi connectivity index (χ2v) is 5.14. The molecule has 0 aliphatic heterocycles. The minimum atomic E-state index is -0.327. The van der Waals surface area contributed by atoms with Crippen LogP contribution in [0.3, 0.4) is 0 Å². The summed E-state index contributed by atoms with van der Waals surface area (Å²) in [5.74, 6) is -0.449. The zero-order valence-corrected chi connectivity index (χ0v) is 13.2. The van der Waals surface area contributed by atoms with Gasteiger partial charge in [-0.25, -0.2) is 0 Å². The lowest BCUT2D eigenvalue weighted by molar-refractivity contribution is -0.144. The molecule has 0 atom stereocenters. The molecule has 1 N–H and O–H groups in total. The topological polar surface area (TPSA) is 58.6 Å². The van der Waals surface area contributed by atoms with Crippen molar-refractivity contribution in [3.8, 4) is 0 Å². The first-order valence-electron chi connectivity index (χ1n) is 6.86. The molecule has 0 aliphatic rings. The number of nitrogens with zero attached hydrogens (tertiary/aromatic N) is 1. The van der Waals surface area contributed by atoms with Crippen LogP contribution in [0.25, 0.3) is 0 Å². The van der Waals surface area contributed by atoms with Crippen molar-refractivity contribution in [2.75, 3.05) is 33.3 Å². The average Bonchev–Trinajstić information content (AvgIpc) is 2.38. The van der Waals surface area contributed by atoms with Gasteiger partial charge in [-0.15, -0.1) is 0 Å². The highest BCUT2D eigenvalue weighted by Crippen LogP contribution is 2.10. The van der Waals surface area contributed by atoms with Crippen LogP contribution in [0.5, 0.6) is 0 Å². The van der Waals surface area contributed by atoms with E-state index in [1.54, 1.807) is 18.9 Å². The Morgan fingerprint density at radius 3 is 2.76 bits per heavy atom. The summed E-state index contributed by atoms with van der Waals surface area (Å²) < 4.78 is 4.82. The highest BCUT2D eigenvalue weighted by molar-refractivity contribution is 6.30. The number of rotatable bonds is 8. The Labute approximate surface area is 130 Å². The maximum atomic E-state index is 11.7. The van der Waals surface area contributed by atoms with Crippen LogP contribution < -0.4 is 5.32 Å². The highest BCUT2D eigenvalue weighted by Gasteiger charge is 2.10. The van der Waals surface area contributed by atoms with Crippen LogP contribution in [0.15, 0.2) is 24.3 Å². The molecular formula is C15H21ClN2O3. The van der Waals surface area contributed by atoms with Gasteiger partial charge in [-0.05, 0) is 38.1 Å². The molecule has 1 aromatic rings. The third kappa shape index (κ3) is 7.68. The van der Waals surface area contributed by atoms with Gasteiger partial charge in [0.1, 0.15) is 0 Å². The van der Waals surface area contributed by atoms with Crippen LogP contribution in [-0.2, 0) is 20.7 Å². The maximum absolute atomic E-state index is 11.7. The summed E-state index contributed by atoms with van der Waals surface area (Å²) >= 11 is 5.89. The number of halogens is 1. The van der Waals surface area contributed by atoms with E-state index in [-0.39, 0.29) is 25.0 Å². The van der Waals surface area contributed by atoms with E-state index in [9.17, 15) is 9.59 Å². The van der Waals surface area contributed by atoms with Crippen molar-refractivity contribution in [3.63, 3.8) is 0 Å². The van der Waals surface area contributed by atoms with Crippen molar-refractivity contribution in [1.29, 1.82) is 0 Å². The quantitative estimate of drug-likeness (QED) is 0.739. The van der Waals surface area contributed by atoms with Crippen molar-refractivity contribution in [2.45, 2.75) is 13.3 Å². The third-order valence-corrected chi connectivity index (χ3v) is 2.98. The molecule has 0 aliphatic carbocycles. The molecular weight excluding hydrogens is 292 g/mol. The number of carbonyl (C=O) groups excluding carboxylic acids is 2. The van der Waals surface area contributed by atoms with Crippen molar-refractivity contribution in [2.24, 2.45) is 0 Å². The first-order valence-corrected chi connectivity index (χ1v) is 7.24. The first-order chi connectivity index (χ1) is 10.0. The lowest BCUT2D eigenvalue weighted by Crippen LogP contribution is -2.38. The SMILES string of the molecule is CCOC(=O)CN(C)CC(=O)NCCc1cccc(Cl)c1. The van der Waals surface area contributed by atoms with Gasteiger partial charge in [0.05, 0.1) is 19.7 Å². The molecule has 0 unspecified atom stereocenters. The smallest absolute Gasteiger partial charge is 0.320 e. The van der Waals surface area contributed by atoms with Gasteiger partial charge in [-0.3, -0.25) is 14.5 Å². The zero-order chi connectivity index (χ0) is 15.7. The molecule has 5 nitrogen and oxygen atoms in total. The van der Waals surface area contributed by atoms with Crippen LogP contribution in [0, 0.1) is 0 Å². The molecule has 0 fully saturated rings. The number of benzene rings is 1. The van der Waals surface area contributed by atoms with Crippen LogP contribution in [0.4, 0.5) is 0 Å². The van der Waals surface area contributed by atoms with Crippen LogP contribution >= 0.6 is 11.6 Å². The van der Waals surface area contributed by atoms with Crippen molar-refractivity contribution in [1.82, 2.24) is 10.2 Å². The Morgan fingerprint density at radius 2 is 2.10 bits per heavy atom. The van der Waals surface area contributed by atoms with Gasteiger partial charge >= 0.3 is 5.97 Å². The minimum Gasteiger partial charge on any atom is -0.465 e. The molecule has 1 rings (SSSR count). The summed E-state index contributed by atoms with van der Waals surface area (Å²) in [7, 11) is 1.70. The summed E-state index contributed by atoms with van der Waals surface area (Å²) in [6, 6.07) is 7.53. The number of nitrogens with one attached hydrogen (secondary N) is 1. The van der Waals surface area contributed by atoms with Gasteiger partial charge in [-0.2, -0.15) is 0 Å². The third-order valence-electron chi connectivity index (χ3n) is 2.74. The van der Waals surface area contributed by atoms with E-state index in [1.165, 1.54) is 0 Å². The Bertz CT molecular complexity index is 480. The Kier molecular flexibility index (Phi) is 7.79. The van der Waals surface area contributed by atoms with Crippen LogP contribution in [0.2, 0.25) is 5.02 Å². The normalized spacial score (nSPS) is 10.5. The molecule has 21 heavy (non-hydrogen) atoms. The molecule has 0 bridgehead atoms. The second-order valence-electron chi connectivity index (χ2n) is 4.71. The second kappa shape index (κ2) is 9.37. The Balaban J connectivity index is 2.23. The molecule has 0 saturated heterocycles. The molecule has 116 valence electrons. The largest absolute Gasteiger partial charge is 0.465 e. The zero-order valence-electron chi connectivity index (χ0n) is 12.4. The lowest BCUT2D eigenvalue weighted by atomic mass is 10.1. The van der Waals surface area contributed by atoms with Crippen molar-refractivity contribution >= 4 is 23.5 Å². The monoisotopic (exact) mass is 312 g/mol. The molecule has 0 heterocycles. The predicted molar refractivity (Wildman–Crippen MR) is 82.3 cm³/mol.